The summed E-state index contributed by atoms with van der Waals surface area (Å²) in [4.78, 5) is 58.0. The molecule has 0 aromatic heterocycles. The molecule has 14 nitrogen and oxygen atoms in total. The number of aliphatic hydroxyl groups is 4. The Morgan fingerprint density at radius 1 is 1.08 bits per heavy atom. The summed E-state index contributed by atoms with van der Waals surface area (Å²) in [7, 11) is 2.97. The van der Waals surface area contributed by atoms with E-state index in [-0.39, 0.29) is 22.6 Å². The van der Waals surface area contributed by atoms with Crippen LogP contribution in [0.2, 0.25) is 5.02 Å². The van der Waals surface area contributed by atoms with E-state index in [1.165, 1.54) is 31.1 Å². The van der Waals surface area contributed by atoms with Crippen molar-refractivity contribution in [3.63, 3.8) is 0 Å². The molecule has 204 valence electrons. The lowest BCUT2D eigenvalue weighted by molar-refractivity contribution is -0.159. The van der Waals surface area contributed by atoms with Gasteiger partial charge in [-0.3, -0.25) is 19.3 Å². The molecule has 3 aliphatic rings. The molecular formula is C23H23ClN2O12. The lowest BCUT2D eigenvalue weighted by Crippen LogP contribution is -2.66. The Balaban J connectivity index is 0.000000599. The number of carboxylic acids is 2. The van der Waals surface area contributed by atoms with Gasteiger partial charge in [0.1, 0.15) is 22.8 Å². The molecule has 3 aliphatic carbocycles. The molecule has 1 amide bonds. The molecule has 4 rings (SSSR count). The number of ketones is 2. The molecule has 9 N–H and O–H groups in total. The monoisotopic (exact) mass is 554 g/mol. The van der Waals surface area contributed by atoms with Gasteiger partial charge >= 0.3 is 11.9 Å². The number of carbonyl (C=O) groups excluding carboxylic acids is 3. The number of Topliss-reactive ketones (excluding diaryl/α,β-unsaturated/α-hetero) is 2. The summed E-state index contributed by atoms with van der Waals surface area (Å²) in [5.41, 5.74) is 0.845. The van der Waals surface area contributed by atoms with Gasteiger partial charge in [0.25, 0.3) is 5.91 Å². The molecule has 38 heavy (non-hydrogen) atoms. The molecule has 0 radical (unpaired) electrons. The number of fused-ring (bicyclic) bond motifs is 3. The van der Waals surface area contributed by atoms with E-state index in [0.717, 1.165) is 0 Å². The second-order valence-electron chi connectivity index (χ2n) is 9.08. The van der Waals surface area contributed by atoms with E-state index >= 15 is 0 Å². The number of rotatable bonds is 2. The first-order valence-electron chi connectivity index (χ1n) is 10.8. The third-order valence-electron chi connectivity index (χ3n) is 6.82. The lowest BCUT2D eigenvalue weighted by Gasteiger charge is -2.51. The van der Waals surface area contributed by atoms with Crippen LogP contribution in [0.5, 0.6) is 5.75 Å². The number of halogens is 1. The first-order valence-corrected chi connectivity index (χ1v) is 11.2. The Labute approximate surface area is 218 Å². The predicted molar refractivity (Wildman–Crippen MR) is 126 cm³/mol. The molecule has 1 aromatic carbocycles. The number of carboxylic acid groups (broad SMARTS) is 2. The smallest absolute Gasteiger partial charge is 0.414 e. The second-order valence-corrected chi connectivity index (χ2v) is 9.48. The maximum Gasteiger partial charge on any atom is 0.414 e. The molecule has 1 saturated carbocycles. The number of nitrogens with zero attached hydrogens (tertiary/aromatic N) is 1. The van der Waals surface area contributed by atoms with Gasteiger partial charge < -0.3 is 41.5 Å². The molecule has 1 aromatic rings. The number of aliphatic carboxylic acids is 2. The van der Waals surface area contributed by atoms with Gasteiger partial charge in [0.05, 0.1) is 17.7 Å². The minimum Gasteiger partial charge on any atom is -0.508 e. The van der Waals surface area contributed by atoms with Crippen LogP contribution in [0.15, 0.2) is 29.0 Å². The average molecular weight is 555 g/mol. The van der Waals surface area contributed by atoms with Crippen LogP contribution < -0.4 is 5.73 Å². The first kappa shape index (κ1) is 28.6. The highest BCUT2D eigenvalue weighted by Crippen LogP contribution is 2.56. The number of aliphatic hydroxyl groups excluding tert-OH is 3. The molecule has 0 spiro atoms. The summed E-state index contributed by atoms with van der Waals surface area (Å²) >= 11 is 6.19. The average Bonchev–Trinajstić information content (AvgIpc) is 2.80. The number of nitrogens with two attached hydrogens (primary N) is 1. The van der Waals surface area contributed by atoms with Gasteiger partial charge in [-0.25, -0.2) is 9.59 Å². The van der Waals surface area contributed by atoms with Gasteiger partial charge in [-0.05, 0) is 32.6 Å². The summed E-state index contributed by atoms with van der Waals surface area (Å²) in [6.45, 7) is 0. The van der Waals surface area contributed by atoms with E-state index in [9.17, 15) is 39.9 Å². The number of aromatic hydroxyl groups is 1. The van der Waals surface area contributed by atoms with Crippen LogP contribution in [0.25, 0.3) is 5.76 Å². The summed E-state index contributed by atoms with van der Waals surface area (Å²) < 4.78 is 0. The Kier molecular flexibility index (Phi) is 7.31. The number of phenolic OH excluding ortho intramolecular Hbond substituents is 1. The minimum atomic E-state index is -2.77. The highest BCUT2D eigenvalue weighted by atomic mass is 35.5. The Morgan fingerprint density at radius 3 is 2.11 bits per heavy atom. The van der Waals surface area contributed by atoms with Crippen molar-refractivity contribution in [3.05, 3.63) is 45.2 Å². The van der Waals surface area contributed by atoms with E-state index in [0.29, 0.717) is 0 Å². The fourth-order valence-corrected chi connectivity index (χ4v) is 5.51. The highest BCUT2D eigenvalue weighted by Gasteiger charge is 2.65. The normalized spacial score (nSPS) is 28.2. The zero-order chi connectivity index (χ0) is 29.0. The number of benzene rings is 1. The van der Waals surface area contributed by atoms with Crippen molar-refractivity contribution in [2.75, 3.05) is 14.1 Å². The van der Waals surface area contributed by atoms with Crippen LogP contribution in [-0.2, 0) is 24.0 Å². The van der Waals surface area contributed by atoms with E-state index < -0.39 is 87.4 Å². The fraction of sp³-hybridized carbons (Fsp3) is 0.348. The fourth-order valence-electron chi connectivity index (χ4n) is 5.24. The topological polar surface area (TPSA) is 256 Å². The van der Waals surface area contributed by atoms with Gasteiger partial charge in [-0.1, -0.05) is 11.6 Å². The number of hydrogen-bond acceptors (Lipinski definition) is 11. The van der Waals surface area contributed by atoms with Crippen molar-refractivity contribution in [3.8, 4) is 5.75 Å². The summed E-state index contributed by atoms with van der Waals surface area (Å²) in [5, 5.41) is 69.1. The standard InChI is InChI=1S/C21H21ClN2O8.C2H2O4/c1-24(2)14-7-5-6-10(16(27)12-9(25)4-3-8(22)11(12)15(6)26)18(29)21(7,32)19(30)13(17(14)28)20(23)31;3-1(4)2(5)6/h3-4,6-7,14-15,25-27,30,32H,5H2,1-2H3,(H2,23,31);(H,3,4)(H,5,6)/t6-,7-,14-,15-,21-;/m0./s1. The van der Waals surface area contributed by atoms with Gasteiger partial charge in [-0.15, -0.1) is 0 Å². The zero-order valence-corrected chi connectivity index (χ0v) is 20.5. The Morgan fingerprint density at radius 2 is 1.63 bits per heavy atom. The number of likely N-dealkylation sites (N-methyl/N-ethyl adjacent to an activating group) is 1. The number of phenols is 1. The Bertz CT molecular complexity index is 1340. The van der Waals surface area contributed by atoms with Crippen molar-refractivity contribution in [1.29, 1.82) is 0 Å². The van der Waals surface area contributed by atoms with Crippen LogP contribution in [0, 0.1) is 11.8 Å². The third kappa shape index (κ3) is 4.07. The largest absolute Gasteiger partial charge is 0.508 e. The molecule has 0 bridgehead atoms. The van der Waals surface area contributed by atoms with Crippen molar-refractivity contribution in [2.45, 2.75) is 24.2 Å². The van der Waals surface area contributed by atoms with Crippen LogP contribution in [0.1, 0.15) is 23.7 Å². The van der Waals surface area contributed by atoms with E-state index in [1.807, 2.05) is 0 Å². The molecule has 0 aliphatic heterocycles. The summed E-state index contributed by atoms with van der Waals surface area (Å²) in [6, 6.07) is 1.25. The van der Waals surface area contributed by atoms with Gasteiger partial charge in [0, 0.05) is 28.0 Å². The number of hydrogen-bond donors (Lipinski definition) is 8. The van der Waals surface area contributed by atoms with Crippen LogP contribution in [0.3, 0.4) is 0 Å². The number of amides is 1. The van der Waals surface area contributed by atoms with E-state index in [4.69, 9.17) is 37.1 Å². The van der Waals surface area contributed by atoms with Crippen LogP contribution >= 0.6 is 11.6 Å². The lowest BCUT2D eigenvalue weighted by atomic mass is 9.57. The zero-order valence-electron chi connectivity index (χ0n) is 19.7. The SMILES string of the molecule is CN(C)[C@@H]1C(=O)C(C(N)=O)=C(O)[C@@]2(O)C(=O)C3=C(O)c4c(O)ccc(Cl)c4[C@@H](O)[C@H]3C[C@@H]12.O=C(O)C(=O)O. The molecule has 0 saturated heterocycles. The maximum absolute atomic E-state index is 13.6. The third-order valence-corrected chi connectivity index (χ3v) is 7.15. The summed E-state index contributed by atoms with van der Waals surface area (Å²) in [5.74, 6) is -11.8. The van der Waals surface area contributed by atoms with Crippen LogP contribution in [-0.4, -0.2) is 95.8 Å². The second kappa shape index (κ2) is 9.72. The molecule has 15 heteroatoms. The van der Waals surface area contributed by atoms with Crippen molar-refractivity contribution in [1.82, 2.24) is 4.90 Å². The number of primary amides is 1. The molecule has 1 fully saturated rings. The molecule has 5 atom stereocenters. The van der Waals surface area contributed by atoms with E-state index in [1.54, 1.807) is 0 Å². The predicted octanol–water partition coefficient (Wildman–Crippen LogP) is -0.736. The molecular weight excluding hydrogens is 532 g/mol. The van der Waals surface area contributed by atoms with Crippen molar-refractivity contribution in [2.24, 2.45) is 17.6 Å². The van der Waals surface area contributed by atoms with Crippen LogP contribution in [0.4, 0.5) is 0 Å². The van der Waals surface area contributed by atoms with Crippen molar-refractivity contribution < 1.29 is 59.7 Å². The molecule has 0 heterocycles. The molecule has 0 unspecified atom stereocenters. The number of carbonyl (C=O) groups is 5. The van der Waals surface area contributed by atoms with E-state index in [2.05, 4.69) is 0 Å². The van der Waals surface area contributed by atoms with Crippen molar-refractivity contribution >= 4 is 46.8 Å². The Hall–Kier alpha value is -3.98. The quantitative estimate of drug-likeness (QED) is 0.166. The minimum absolute atomic E-state index is 0.00251. The maximum atomic E-state index is 13.6. The van der Waals surface area contributed by atoms with Gasteiger partial charge in [0.15, 0.2) is 11.4 Å². The van der Waals surface area contributed by atoms with Gasteiger partial charge in [0.2, 0.25) is 5.78 Å². The summed E-state index contributed by atoms with van der Waals surface area (Å²) in [6.07, 6.45) is -1.70. The van der Waals surface area contributed by atoms with Gasteiger partial charge in [-0.2, -0.15) is 0 Å². The highest BCUT2D eigenvalue weighted by molar-refractivity contribution is 6.32. The first-order chi connectivity index (χ1) is 17.5.